The summed E-state index contributed by atoms with van der Waals surface area (Å²) in [6, 6.07) is 14.3. The molecule has 27 heavy (non-hydrogen) atoms. The van der Waals surface area contributed by atoms with E-state index in [1.165, 1.54) is 24.9 Å². The maximum Gasteiger partial charge on any atom is 0.255 e. The third-order valence-corrected chi connectivity index (χ3v) is 5.95. The van der Waals surface area contributed by atoms with Crippen LogP contribution >= 0.6 is 0 Å². The van der Waals surface area contributed by atoms with Gasteiger partial charge in [0.25, 0.3) is 5.91 Å². The fourth-order valence-corrected chi connectivity index (χ4v) is 3.69. The Bertz CT molecular complexity index is 872. The standard InChI is InChI=1S/C20H25N3O3S/c1-2-27(25,26)22-18-8-6-16(7-9-18)20(24)21-17-10-12-19(13-11-17)23-14-4-3-5-15-23/h6-13,22H,2-5,14-15H2,1H3,(H,21,24). The molecular weight excluding hydrogens is 362 g/mol. The molecule has 0 bridgehead atoms. The van der Waals surface area contributed by atoms with Gasteiger partial charge in [0.05, 0.1) is 5.75 Å². The quantitative estimate of drug-likeness (QED) is 0.792. The van der Waals surface area contributed by atoms with Gasteiger partial charge in [-0.2, -0.15) is 0 Å². The Morgan fingerprint density at radius 1 is 0.926 bits per heavy atom. The fraction of sp³-hybridized carbons (Fsp3) is 0.350. The average Bonchev–Trinajstić information content (AvgIpc) is 2.69. The van der Waals surface area contributed by atoms with Crippen LogP contribution in [0.2, 0.25) is 0 Å². The summed E-state index contributed by atoms with van der Waals surface area (Å²) >= 11 is 0. The molecule has 2 N–H and O–H groups in total. The van der Waals surface area contributed by atoms with E-state index in [4.69, 9.17) is 0 Å². The second kappa shape index (κ2) is 8.43. The minimum atomic E-state index is -3.32. The summed E-state index contributed by atoms with van der Waals surface area (Å²) in [5, 5.41) is 2.87. The molecule has 2 aromatic carbocycles. The predicted octanol–water partition coefficient (Wildman–Crippen LogP) is 3.69. The van der Waals surface area contributed by atoms with Gasteiger partial charge in [-0.15, -0.1) is 0 Å². The number of amides is 1. The molecule has 0 radical (unpaired) electrons. The first-order chi connectivity index (χ1) is 13.0. The molecule has 144 valence electrons. The Labute approximate surface area is 160 Å². The van der Waals surface area contributed by atoms with Gasteiger partial charge in [-0.25, -0.2) is 8.42 Å². The van der Waals surface area contributed by atoms with E-state index >= 15 is 0 Å². The lowest BCUT2D eigenvalue weighted by atomic mass is 10.1. The van der Waals surface area contributed by atoms with Crippen LogP contribution in [-0.2, 0) is 10.0 Å². The zero-order chi connectivity index (χ0) is 19.3. The number of benzene rings is 2. The van der Waals surface area contributed by atoms with E-state index in [0.29, 0.717) is 11.3 Å². The van der Waals surface area contributed by atoms with Crippen LogP contribution in [0.1, 0.15) is 36.5 Å². The van der Waals surface area contributed by atoms with Crippen LogP contribution < -0.4 is 14.9 Å². The summed E-state index contributed by atoms with van der Waals surface area (Å²) in [5.41, 5.74) is 2.82. The van der Waals surface area contributed by atoms with Gasteiger partial charge in [0, 0.05) is 35.7 Å². The zero-order valence-corrected chi connectivity index (χ0v) is 16.3. The Hall–Kier alpha value is -2.54. The van der Waals surface area contributed by atoms with Crippen molar-refractivity contribution in [1.29, 1.82) is 0 Å². The van der Waals surface area contributed by atoms with Crippen molar-refractivity contribution in [3.05, 3.63) is 54.1 Å². The van der Waals surface area contributed by atoms with E-state index in [0.717, 1.165) is 18.8 Å². The molecule has 1 saturated heterocycles. The van der Waals surface area contributed by atoms with Crippen LogP contribution in [0, 0.1) is 0 Å². The van der Waals surface area contributed by atoms with Gasteiger partial charge in [0.1, 0.15) is 0 Å². The smallest absolute Gasteiger partial charge is 0.255 e. The van der Waals surface area contributed by atoms with Crippen molar-refractivity contribution in [2.45, 2.75) is 26.2 Å². The van der Waals surface area contributed by atoms with Gasteiger partial charge < -0.3 is 10.2 Å². The molecule has 0 aromatic heterocycles. The van der Waals surface area contributed by atoms with Crippen molar-refractivity contribution in [2.24, 2.45) is 0 Å². The molecule has 0 spiro atoms. The molecule has 1 aliphatic rings. The summed E-state index contributed by atoms with van der Waals surface area (Å²) in [6.07, 6.45) is 3.75. The Balaban J connectivity index is 1.61. The maximum atomic E-state index is 12.4. The molecule has 0 atom stereocenters. The molecular formula is C20H25N3O3S. The third-order valence-electron chi connectivity index (χ3n) is 4.65. The molecule has 0 unspecified atom stereocenters. The van der Waals surface area contributed by atoms with E-state index in [9.17, 15) is 13.2 Å². The molecule has 1 aliphatic heterocycles. The number of hydrogen-bond acceptors (Lipinski definition) is 4. The van der Waals surface area contributed by atoms with Gasteiger partial charge >= 0.3 is 0 Å². The molecule has 7 heteroatoms. The summed E-state index contributed by atoms with van der Waals surface area (Å²) in [6.45, 7) is 3.74. The van der Waals surface area contributed by atoms with Crippen LogP contribution in [0.25, 0.3) is 0 Å². The molecule has 6 nitrogen and oxygen atoms in total. The first kappa shape index (κ1) is 19.2. The number of carbonyl (C=O) groups is 1. The van der Waals surface area contributed by atoms with E-state index in [1.54, 1.807) is 31.2 Å². The monoisotopic (exact) mass is 387 g/mol. The number of rotatable bonds is 6. The molecule has 2 aromatic rings. The van der Waals surface area contributed by atoms with Gasteiger partial charge in [-0.3, -0.25) is 9.52 Å². The van der Waals surface area contributed by atoms with E-state index in [-0.39, 0.29) is 11.7 Å². The lowest BCUT2D eigenvalue weighted by Crippen LogP contribution is -2.29. The summed E-state index contributed by atoms with van der Waals surface area (Å²) < 4.78 is 25.6. The molecule has 1 fully saturated rings. The Morgan fingerprint density at radius 3 is 2.11 bits per heavy atom. The number of nitrogens with zero attached hydrogens (tertiary/aromatic N) is 1. The number of sulfonamides is 1. The van der Waals surface area contributed by atoms with Gasteiger partial charge in [0.15, 0.2) is 0 Å². The fourth-order valence-electron chi connectivity index (χ4n) is 3.05. The van der Waals surface area contributed by atoms with Crippen molar-refractivity contribution in [3.63, 3.8) is 0 Å². The van der Waals surface area contributed by atoms with Crippen LogP contribution in [0.4, 0.5) is 17.1 Å². The highest BCUT2D eigenvalue weighted by molar-refractivity contribution is 7.92. The second-order valence-electron chi connectivity index (χ2n) is 6.63. The van der Waals surface area contributed by atoms with Gasteiger partial charge in [0.2, 0.25) is 10.0 Å². The first-order valence-corrected chi connectivity index (χ1v) is 10.9. The highest BCUT2D eigenvalue weighted by atomic mass is 32.2. The minimum Gasteiger partial charge on any atom is -0.372 e. The number of carbonyl (C=O) groups excluding carboxylic acids is 1. The van der Waals surface area contributed by atoms with Crippen LogP contribution in [0.15, 0.2) is 48.5 Å². The number of hydrogen-bond donors (Lipinski definition) is 2. The van der Waals surface area contributed by atoms with Crippen molar-refractivity contribution < 1.29 is 13.2 Å². The van der Waals surface area contributed by atoms with E-state index in [1.807, 2.05) is 24.3 Å². The largest absolute Gasteiger partial charge is 0.372 e. The minimum absolute atomic E-state index is 0.00264. The molecule has 0 aliphatic carbocycles. The SMILES string of the molecule is CCS(=O)(=O)Nc1ccc(C(=O)Nc2ccc(N3CCCCC3)cc2)cc1. The topological polar surface area (TPSA) is 78.5 Å². The number of piperidine rings is 1. The Kier molecular flexibility index (Phi) is 6.01. The van der Waals surface area contributed by atoms with Crippen molar-refractivity contribution >= 4 is 33.0 Å². The second-order valence-corrected chi connectivity index (χ2v) is 8.64. The summed E-state index contributed by atoms with van der Waals surface area (Å²) in [4.78, 5) is 14.8. The summed E-state index contributed by atoms with van der Waals surface area (Å²) in [5.74, 6) is -0.228. The summed E-state index contributed by atoms with van der Waals surface area (Å²) in [7, 11) is -3.32. The molecule has 0 saturated carbocycles. The number of anilines is 3. The predicted molar refractivity (Wildman–Crippen MR) is 110 cm³/mol. The average molecular weight is 388 g/mol. The van der Waals surface area contributed by atoms with Gasteiger partial charge in [-0.05, 0) is 74.7 Å². The van der Waals surface area contributed by atoms with Crippen LogP contribution in [-0.4, -0.2) is 33.2 Å². The van der Waals surface area contributed by atoms with Crippen LogP contribution in [0.3, 0.4) is 0 Å². The molecule has 1 heterocycles. The Morgan fingerprint density at radius 2 is 1.52 bits per heavy atom. The first-order valence-electron chi connectivity index (χ1n) is 9.24. The van der Waals surface area contributed by atoms with Crippen molar-refractivity contribution in [2.75, 3.05) is 33.8 Å². The highest BCUT2D eigenvalue weighted by Crippen LogP contribution is 2.22. The zero-order valence-electron chi connectivity index (χ0n) is 15.4. The van der Waals surface area contributed by atoms with Crippen LogP contribution in [0.5, 0.6) is 0 Å². The van der Waals surface area contributed by atoms with E-state index < -0.39 is 10.0 Å². The van der Waals surface area contributed by atoms with Crippen molar-refractivity contribution in [3.8, 4) is 0 Å². The lowest BCUT2D eigenvalue weighted by Gasteiger charge is -2.28. The normalized spacial score (nSPS) is 14.6. The highest BCUT2D eigenvalue weighted by Gasteiger charge is 2.12. The molecule has 1 amide bonds. The number of nitrogens with one attached hydrogen (secondary N) is 2. The molecule has 3 rings (SSSR count). The lowest BCUT2D eigenvalue weighted by molar-refractivity contribution is 0.102. The maximum absolute atomic E-state index is 12.4. The van der Waals surface area contributed by atoms with E-state index in [2.05, 4.69) is 14.9 Å². The van der Waals surface area contributed by atoms with Crippen molar-refractivity contribution in [1.82, 2.24) is 0 Å². The third kappa shape index (κ3) is 5.23. The van der Waals surface area contributed by atoms with Gasteiger partial charge in [-0.1, -0.05) is 0 Å².